The number of hydrogen-bond acceptors (Lipinski definition) is 9. The number of likely N-dealkylation sites (N-methyl/N-ethyl adjacent to an activating group) is 1. The fourth-order valence-electron chi connectivity index (χ4n) is 6.48. The molecule has 0 radical (unpaired) electrons. The highest BCUT2D eigenvalue weighted by atomic mass is 16.6. The van der Waals surface area contributed by atoms with Crippen molar-refractivity contribution in [3.63, 3.8) is 0 Å². The first-order chi connectivity index (χ1) is 23.6. The number of nitrogens with zero attached hydrogens (tertiary/aromatic N) is 4. The minimum atomic E-state index is -0.957. The first-order valence-corrected chi connectivity index (χ1v) is 16.6. The summed E-state index contributed by atoms with van der Waals surface area (Å²) in [6, 6.07) is 25.2. The third-order valence-electron chi connectivity index (χ3n) is 9.29. The third kappa shape index (κ3) is 6.63. The van der Waals surface area contributed by atoms with Crippen molar-refractivity contribution in [1.29, 1.82) is 0 Å². The smallest absolute Gasteiger partial charge is 0.338 e. The number of nitro benzene ring substituents is 1. The van der Waals surface area contributed by atoms with Gasteiger partial charge in [-0.3, -0.25) is 10.1 Å². The molecule has 10 nitrogen and oxygen atoms in total. The maximum Gasteiger partial charge on any atom is 0.338 e. The quantitative estimate of drug-likeness (QED) is 0.0488. The SMILES string of the molecule is CCCCCCOc1ccc(N=Nc2ccc(C(=O)OCc3cc4c(c([N+](=O)[O-])c3)OC3(C=C4)N(C)c4ccccc4C3(C)C)cc2)cc1. The Morgan fingerprint density at radius 2 is 1.63 bits per heavy atom. The first kappa shape index (κ1) is 33.4. The highest BCUT2D eigenvalue weighted by Gasteiger charge is 2.58. The third-order valence-corrected chi connectivity index (χ3v) is 9.29. The standard InChI is InChI=1S/C39H40N4O6/c1-5-6-7-10-23-47-32-19-17-31(18-20-32)41-40-30-15-13-28(14-16-30)37(44)48-26-27-24-29-21-22-39(49-36(29)35(25-27)43(45)46)38(2,3)33-11-8-9-12-34(33)42(39)4/h8-9,11-22,24-25H,5-7,10,23,26H2,1-4H3. The second kappa shape index (κ2) is 13.9. The molecule has 252 valence electrons. The van der Waals surface area contributed by atoms with Gasteiger partial charge in [0, 0.05) is 24.4 Å². The number of unbranched alkanes of at least 4 members (excludes halogenated alkanes) is 3. The number of ether oxygens (including phenoxy) is 3. The summed E-state index contributed by atoms with van der Waals surface area (Å²) in [5.41, 5.74) is 3.05. The van der Waals surface area contributed by atoms with Crippen LogP contribution in [-0.2, 0) is 16.8 Å². The molecular weight excluding hydrogens is 620 g/mol. The number of azo groups is 1. The van der Waals surface area contributed by atoms with Gasteiger partial charge in [0.1, 0.15) is 12.4 Å². The predicted molar refractivity (Wildman–Crippen MR) is 189 cm³/mol. The zero-order chi connectivity index (χ0) is 34.6. The molecular formula is C39H40N4O6. The minimum absolute atomic E-state index is 0.150. The largest absolute Gasteiger partial charge is 0.494 e. The number of nitro groups is 1. The van der Waals surface area contributed by atoms with E-state index in [9.17, 15) is 14.9 Å². The molecule has 0 N–H and O–H groups in total. The van der Waals surface area contributed by atoms with E-state index in [1.165, 1.54) is 25.3 Å². The van der Waals surface area contributed by atoms with Crippen LogP contribution in [0.4, 0.5) is 22.7 Å². The number of hydrogen-bond donors (Lipinski definition) is 0. The molecule has 49 heavy (non-hydrogen) atoms. The second-order valence-electron chi connectivity index (χ2n) is 12.8. The summed E-state index contributed by atoms with van der Waals surface area (Å²) in [5, 5.41) is 20.8. The van der Waals surface area contributed by atoms with Crippen molar-refractivity contribution in [2.45, 2.75) is 64.2 Å². The van der Waals surface area contributed by atoms with E-state index in [0.29, 0.717) is 34.7 Å². The molecule has 1 spiro atoms. The summed E-state index contributed by atoms with van der Waals surface area (Å²) in [6.07, 6.45) is 8.42. The highest BCUT2D eigenvalue weighted by Crippen LogP contribution is 2.55. The van der Waals surface area contributed by atoms with Gasteiger partial charge in [-0.15, -0.1) is 0 Å². The van der Waals surface area contributed by atoms with Crippen LogP contribution >= 0.6 is 0 Å². The van der Waals surface area contributed by atoms with Crippen LogP contribution < -0.4 is 14.4 Å². The Labute approximate surface area is 286 Å². The number of anilines is 1. The van der Waals surface area contributed by atoms with Crippen LogP contribution in [0.15, 0.2) is 101 Å². The maximum atomic E-state index is 12.9. The molecule has 0 amide bonds. The van der Waals surface area contributed by atoms with Gasteiger partial charge in [-0.05, 0) is 104 Å². The molecule has 0 bridgehead atoms. The molecule has 0 saturated heterocycles. The number of rotatable bonds is 12. The molecule has 2 aliphatic heterocycles. The maximum absolute atomic E-state index is 12.9. The lowest BCUT2D eigenvalue weighted by atomic mass is 9.76. The molecule has 0 aromatic heterocycles. The summed E-state index contributed by atoms with van der Waals surface area (Å²) < 4.78 is 17.9. The molecule has 10 heteroatoms. The Kier molecular flexibility index (Phi) is 9.49. The highest BCUT2D eigenvalue weighted by molar-refractivity contribution is 5.89. The van der Waals surface area contributed by atoms with Crippen molar-refractivity contribution in [3.05, 3.63) is 123 Å². The fraction of sp³-hybridized carbons (Fsp3) is 0.308. The topological polar surface area (TPSA) is 116 Å². The van der Waals surface area contributed by atoms with Crippen molar-refractivity contribution in [2.75, 3.05) is 18.6 Å². The molecule has 1 unspecified atom stereocenters. The van der Waals surface area contributed by atoms with E-state index in [2.05, 4.69) is 37.1 Å². The van der Waals surface area contributed by atoms with E-state index >= 15 is 0 Å². The van der Waals surface area contributed by atoms with Gasteiger partial charge < -0.3 is 19.1 Å². The summed E-state index contributed by atoms with van der Waals surface area (Å²) in [5.74, 6) is 0.419. The van der Waals surface area contributed by atoms with Gasteiger partial charge in [0.2, 0.25) is 11.5 Å². The van der Waals surface area contributed by atoms with E-state index in [1.54, 1.807) is 30.3 Å². The molecule has 0 aliphatic carbocycles. The summed E-state index contributed by atoms with van der Waals surface area (Å²) in [7, 11) is 1.93. The van der Waals surface area contributed by atoms with E-state index in [-0.39, 0.29) is 18.0 Å². The molecule has 2 heterocycles. The molecule has 0 fully saturated rings. The van der Waals surface area contributed by atoms with Crippen molar-refractivity contribution < 1.29 is 23.9 Å². The van der Waals surface area contributed by atoms with Crippen LogP contribution in [-0.4, -0.2) is 30.3 Å². The average Bonchev–Trinajstić information content (AvgIpc) is 3.27. The molecule has 6 rings (SSSR count). The van der Waals surface area contributed by atoms with Crippen molar-refractivity contribution in [1.82, 2.24) is 0 Å². The predicted octanol–water partition coefficient (Wildman–Crippen LogP) is 9.86. The van der Waals surface area contributed by atoms with Gasteiger partial charge in [0.15, 0.2) is 0 Å². The van der Waals surface area contributed by atoms with Crippen LogP contribution in [0.2, 0.25) is 0 Å². The molecule has 1 atom stereocenters. The number of carbonyl (C=O) groups excluding carboxylic acids is 1. The normalized spacial score (nSPS) is 17.1. The van der Waals surface area contributed by atoms with Crippen molar-refractivity contribution >= 4 is 34.8 Å². The second-order valence-corrected chi connectivity index (χ2v) is 12.8. The van der Waals surface area contributed by atoms with Gasteiger partial charge in [0.25, 0.3) is 0 Å². The molecule has 0 saturated carbocycles. The fourth-order valence-corrected chi connectivity index (χ4v) is 6.48. The summed E-state index contributed by atoms with van der Waals surface area (Å²) in [4.78, 5) is 26.7. The summed E-state index contributed by atoms with van der Waals surface area (Å²) in [6.45, 7) is 6.88. The van der Waals surface area contributed by atoms with E-state index in [1.807, 2.05) is 66.6 Å². The Morgan fingerprint density at radius 1 is 0.939 bits per heavy atom. The van der Waals surface area contributed by atoms with Crippen LogP contribution in [0, 0.1) is 10.1 Å². The molecule has 4 aromatic carbocycles. The minimum Gasteiger partial charge on any atom is -0.494 e. The Morgan fingerprint density at radius 3 is 2.31 bits per heavy atom. The zero-order valence-corrected chi connectivity index (χ0v) is 28.2. The lowest BCUT2D eigenvalue weighted by molar-refractivity contribution is -0.386. The van der Waals surface area contributed by atoms with Crippen LogP contribution in [0.1, 0.15) is 73.5 Å². The van der Waals surface area contributed by atoms with Crippen molar-refractivity contribution in [2.24, 2.45) is 10.2 Å². The number of benzene rings is 4. The Hall–Kier alpha value is -5.51. The molecule has 4 aromatic rings. The monoisotopic (exact) mass is 660 g/mol. The number of fused-ring (bicyclic) bond motifs is 2. The van der Waals surface area contributed by atoms with Crippen LogP contribution in [0.25, 0.3) is 6.08 Å². The van der Waals surface area contributed by atoms with Crippen LogP contribution in [0.3, 0.4) is 0 Å². The number of carbonyl (C=O) groups is 1. The lowest BCUT2D eigenvalue weighted by Crippen LogP contribution is -2.58. The lowest BCUT2D eigenvalue weighted by Gasteiger charge is -2.45. The van der Waals surface area contributed by atoms with Crippen LogP contribution in [0.5, 0.6) is 11.5 Å². The van der Waals surface area contributed by atoms with Crippen molar-refractivity contribution in [3.8, 4) is 11.5 Å². The Balaban J connectivity index is 1.09. The van der Waals surface area contributed by atoms with Gasteiger partial charge in [-0.1, -0.05) is 44.4 Å². The number of para-hydroxylation sites is 1. The first-order valence-electron chi connectivity index (χ1n) is 16.6. The van der Waals surface area contributed by atoms with Gasteiger partial charge >= 0.3 is 11.7 Å². The Bertz CT molecular complexity index is 1900. The van der Waals surface area contributed by atoms with Gasteiger partial charge in [-0.2, -0.15) is 10.2 Å². The number of esters is 1. The van der Waals surface area contributed by atoms with Gasteiger partial charge in [-0.25, -0.2) is 4.79 Å². The average molecular weight is 661 g/mol. The van der Waals surface area contributed by atoms with E-state index in [0.717, 1.165) is 23.4 Å². The summed E-state index contributed by atoms with van der Waals surface area (Å²) >= 11 is 0. The zero-order valence-electron chi connectivity index (χ0n) is 28.2. The van der Waals surface area contributed by atoms with E-state index < -0.39 is 22.0 Å². The molecule has 2 aliphatic rings. The van der Waals surface area contributed by atoms with Gasteiger partial charge in [0.05, 0.1) is 33.9 Å². The van der Waals surface area contributed by atoms with E-state index in [4.69, 9.17) is 14.2 Å².